The lowest BCUT2D eigenvalue weighted by atomic mass is 10.4. The van der Waals surface area contributed by atoms with Crippen molar-refractivity contribution >= 4 is 11.3 Å². The maximum Gasteiger partial charge on any atom is 0.0952 e. The largest absolute Gasteiger partial charge is 0.328 e. The molecule has 14 heavy (non-hydrogen) atoms. The molecule has 2 aromatic rings. The fraction of sp³-hybridized carbons (Fsp3) is 0.300. The summed E-state index contributed by atoms with van der Waals surface area (Å²) in [5.74, 6) is 0. The van der Waals surface area contributed by atoms with Gasteiger partial charge in [-0.05, 0) is 19.1 Å². The summed E-state index contributed by atoms with van der Waals surface area (Å²) in [6.07, 6.45) is 3.65. The molecule has 0 atom stereocenters. The summed E-state index contributed by atoms with van der Waals surface area (Å²) in [7, 11) is 0. The molecule has 0 amide bonds. The normalized spacial score (nSPS) is 10.7. The van der Waals surface area contributed by atoms with E-state index in [9.17, 15) is 0 Å². The number of hydrogen-bond acceptors (Lipinski definition) is 3. The molecular weight excluding hydrogens is 194 g/mol. The zero-order valence-electron chi connectivity index (χ0n) is 8.10. The monoisotopic (exact) mass is 207 g/mol. The number of thiophene rings is 1. The molecule has 0 saturated heterocycles. The molecule has 2 aromatic heterocycles. The predicted molar refractivity (Wildman–Crippen MR) is 58.3 cm³/mol. The summed E-state index contributed by atoms with van der Waals surface area (Å²) in [5.41, 5.74) is 6.68. The molecule has 0 aromatic carbocycles. The summed E-state index contributed by atoms with van der Waals surface area (Å²) in [6, 6.07) is 4.29. The number of rotatable bonds is 3. The van der Waals surface area contributed by atoms with Crippen LogP contribution in [-0.4, -0.2) is 9.55 Å². The Bertz CT molecular complexity index is 416. The van der Waals surface area contributed by atoms with Gasteiger partial charge in [-0.15, -0.1) is 11.3 Å². The Morgan fingerprint density at radius 2 is 2.36 bits per heavy atom. The van der Waals surface area contributed by atoms with E-state index in [0.717, 1.165) is 12.2 Å². The first-order valence-corrected chi connectivity index (χ1v) is 5.35. The van der Waals surface area contributed by atoms with Crippen molar-refractivity contribution in [3.63, 3.8) is 0 Å². The van der Waals surface area contributed by atoms with Gasteiger partial charge in [0.05, 0.1) is 18.6 Å². The zero-order chi connectivity index (χ0) is 9.97. The maximum absolute atomic E-state index is 5.60. The van der Waals surface area contributed by atoms with Gasteiger partial charge in [0.2, 0.25) is 0 Å². The molecule has 2 N–H and O–H groups in total. The van der Waals surface area contributed by atoms with E-state index >= 15 is 0 Å². The molecule has 2 heterocycles. The van der Waals surface area contributed by atoms with E-state index in [-0.39, 0.29) is 0 Å². The van der Waals surface area contributed by atoms with Crippen molar-refractivity contribution in [1.82, 2.24) is 9.55 Å². The summed E-state index contributed by atoms with van der Waals surface area (Å²) in [5, 5.41) is 0. The van der Waals surface area contributed by atoms with E-state index in [1.807, 2.05) is 23.9 Å². The maximum atomic E-state index is 5.60. The Balaban J connectivity index is 2.18. The Morgan fingerprint density at radius 1 is 1.50 bits per heavy atom. The van der Waals surface area contributed by atoms with Gasteiger partial charge in [-0.1, -0.05) is 0 Å². The van der Waals surface area contributed by atoms with Gasteiger partial charge < -0.3 is 10.3 Å². The highest BCUT2D eigenvalue weighted by molar-refractivity contribution is 7.11. The molecule has 0 radical (unpaired) electrons. The molecule has 0 spiro atoms. The number of hydrogen-bond donors (Lipinski definition) is 1. The van der Waals surface area contributed by atoms with Crippen LogP contribution >= 0.6 is 11.3 Å². The Hall–Kier alpha value is -1.13. The van der Waals surface area contributed by atoms with E-state index in [4.69, 9.17) is 5.73 Å². The van der Waals surface area contributed by atoms with Crippen molar-refractivity contribution in [2.45, 2.75) is 20.0 Å². The van der Waals surface area contributed by atoms with Gasteiger partial charge in [0.25, 0.3) is 0 Å². The SMILES string of the molecule is Cc1ccc(Cn2cncc2CN)s1. The second-order valence-corrected chi connectivity index (χ2v) is 4.60. The topological polar surface area (TPSA) is 43.8 Å². The van der Waals surface area contributed by atoms with Crippen molar-refractivity contribution in [3.05, 3.63) is 40.1 Å². The lowest BCUT2D eigenvalue weighted by Gasteiger charge is -2.03. The van der Waals surface area contributed by atoms with Crippen LogP contribution in [0.4, 0.5) is 0 Å². The molecule has 0 aliphatic rings. The first-order valence-electron chi connectivity index (χ1n) is 4.54. The van der Waals surface area contributed by atoms with E-state index in [2.05, 4.69) is 28.6 Å². The third kappa shape index (κ3) is 1.86. The van der Waals surface area contributed by atoms with Gasteiger partial charge in [-0.25, -0.2) is 4.98 Å². The number of aryl methyl sites for hydroxylation is 1. The molecule has 4 heteroatoms. The molecule has 2 rings (SSSR count). The fourth-order valence-corrected chi connectivity index (χ4v) is 2.29. The third-order valence-electron chi connectivity index (χ3n) is 2.13. The van der Waals surface area contributed by atoms with Gasteiger partial charge >= 0.3 is 0 Å². The fourth-order valence-electron chi connectivity index (χ4n) is 1.40. The second kappa shape index (κ2) is 3.94. The smallest absolute Gasteiger partial charge is 0.0952 e. The lowest BCUT2D eigenvalue weighted by molar-refractivity contribution is 0.749. The first-order chi connectivity index (χ1) is 6.79. The average molecular weight is 207 g/mol. The molecule has 74 valence electrons. The third-order valence-corrected chi connectivity index (χ3v) is 3.12. The van der Waals surface area contributed by atoms with Crippen molar-refractivity contribution in [1.29, 1.82) is 0 Å². The summed E-state index contributed by atoms with van der Waals surface area (Å²) < 4.78 is 2.09. The van der Waals surface area contributed by atoms with Crippen LogP contribution in [0.3, 0.4) is 0 Å². The molecule has 0 unspecified atom stereocenters. The van der Waals surface area contributed by atoms with Crippen LogP contribution in [0.1, 0.15) is 15.4 Å². The van der Waals surface area contributed by atoms with Crippen molar-refractivity contribution in [2.24, 2.45) is 5.73 Å². The lowest BCUT2D eigenvalue weighted by Crippen LogP contribution is -2.06. The highest BCUT2D eigenvalue weighted by Gasteiger charge is 2.02. The minimum absolute atomic E-state index is 0.546. The van der Waals surface area contributed by atoms with E-state index in [0.29, 0.717) is 6.54 Å². The minimum Gasteiger partial charge on any atom is -0.328 e. The van der Waals surface area contributed by atoms with Crippen molar-refractivity contribution in [2.75, 3.05) is 0 Å². The molecule has 0 aliphatic carbocycles. The summed E-state index contributed by atoms with van der Waals surface area (Å²) >= 11 is 1.82. The molecule has 0 bridgehead atoms. The van der Waals surface area contributed by atoms with Crippen LogP contribution in [0.25, 0.3) is 0 Å². The van der Waals surface area contributed by atoms with Crippen LogP contribution in [-0.2, 0) is 13.1 Å². The highest BCUT2D eigenvalue weighted by atomic mass is 32.1. The summed E-state index contributed by atoms with van der Waals surface area (Å²) in [6.45, 7) is 3.54. The quantitative estimate of drug-likeness (QED) is 0.833. The van der Waals surface area contributed by atoms with Crippen molar-refractivity contribution in [3.8, 4) is 0 Å². The summed E-state index contributed by atoms with van der Waals surface area (Å²) in [4.78, 5) is 6.77. The van der Waals surface area contributed by atoms with Crippen LogP contribution in [0.15, 0.2) is 24.7 Å². The molecular formula is C10H13N3S. The Kier molecular flexibility index (Phi) is 2.65. The van der Waals surface area contributed by atoms with Gasteiger partial charge in [0.15, 0.2) is 0 Å². The highest BCUT2D eigenvalue weighted by Crippen LogP contribution is 2.16. The second-order valence-electron chi connectivity index (χ2n) is 3.23. The van der Waals surface area contributed by atoms with Crippen molar-refractivity contribution < 1.29 is 0 Å². The number of imidazole rings is 1. The zero-order valence-corrected chi connectivity index (χ0v) is 8.92. The van der Waals surface area contributed by atoms with E-state index < -0.39 is 0 Å². The van der Waals surface area contributed by atoms with Crippen LogP contribution < -0.4 is 5.73 Å². The van der Waals surface area contributed by atoms with Gasteiger partial charge in [0, 0.05) is 22.5 Å². The molecule has 3 nitrogen and oxygen atoms in total. The average Bonchev–Trinajstić information content (AvgIpc) is 2.76. The Labute approximate surface area is 87.2 Å². The number of nitrogens with two attached hydrogens (primary N) is 1. The predicted octanol–water partition coefficient (Wildman–Crippen LogP) is 1.76. The van der Waals surface area contributed by atoms with Crippen LogP contribution in [0.5, 0.6) is 0 Å². The first kappa shape index (κ1) is 9.43. The van der Waals surface area contributed by atoms with Gasteiger partial charge in [-0.3, -0.25) is 0 Å². The number of nitrogens with zero attached hydrogens (tertiary/aromatic N) is 2. The molecule has 0 fully saturated rings. The number of aromatic nitrogens is 2. The van der Waals surface area contributed by atoms with E-state index in [1.165, 1.54) is 9.75 Å². The van der Waals surface area contributed by atoms with Crippen LogP contribution in [0, 0.1) is 6.92 Å². The van der Waals surface area contributed by atoms with Gasteiger partial charge in [-0.2, -0.15) is 0 Å². The Morgan fingerprint density at radius 3 is 3.00 bits per heavy atom. The van der Waals surface area contributed by atoms with E-state index in [1.54, 1.807) is 0 Å². The van der Waals surface area contributed by atoms with Crippen LogP contribution in [0.2, 0.25) is 0 Å². The molecule has 0 aliphatic heterocycles. The standard InChI is InChI=1S/C10H13N3S/c1-8-2-3-10(14-8)6-13-7-12-5-9(13)4-11/h2-3,5,7H,4,6,11H2,1H3. The van der Waals surface area contributed by atoms with Gasteiger partial charge in [0.1, 0.15) is 0 Å². The molecule has 0 saturated carbocycles. The minimum atomic E-state index is 0.546.